The van der Waals surface area contributed by atoms with Crippen molar-refractivity contribution in [2.24, 2.45) is 0 Å². The number of hydrogen-bond acceptors (Lipinski definition) is 7. The number of anilines is 1. The minimum absolute atomic E-state index is 0.157. The van der Waals surface area contributed by atoms with Crippen LogP contribution in [0.25, 0.3) is 0 Å². The summed E-state index contributed by atoms with van der Waals surface area (Å²) >= 11 is 0. The first-order chi connectivity index (χ1) is 19.2. The summed E-state index contributed by atoms with van der Waals surface area (Å²) in [5, 5.41) is 4.95. The van der Waals surface area contributed by atoms with Gasteiger partial charge in [0.25, 0.3) is 5.91 Å². The second kappa shape index (κ2) is 11.0. The summed E-state index contributed by atoms with van der Waals surface area (Å²) in [5.41, 5.74) is 2.65. The maximum atomic E-state index is 13.4. The van der Waals surface area contributed by atoms with Gasteiger partial charge in [-0.3, -0.25) is 25.0 Å². The minimum Gasteiger partial charge on any atom is -0.495 e. The van der Waals surface area contributed by atoms with Crippen molar-refractivity contribution in [1.82, 2.24) is 10.2 Å². The van der Waals surface area contributed by atoms with E-state index in [1.807, 2.05) is 0 Å². The molecular formula is C29H26FN3O7. The number of halogens is 1. The number of ether oxygens (including phenoxy) is 3. The molecule has 0 aliphatic carbocycles. The third-order valence-corrected chi connectivity index (χ3v) is 6.76. The molecule has 2 N–H and O–H groups in total. The molecule has 4 amide bonds. The highest BCUT2D eigenvalue weighted by atomic mass is 19.1. The standard InChI is InChI=1S/C29H26FN3O7/c1-16-12-21(40-20-5-3-4-19(30)13-20)8-9-22(16)31-29(37)39-15-18-7-6-17-14-33(28(36)25(17)26(18)38-2)23-10-11-24(34)32-27(23)35/h3-9,12-13,23H,10-11,14-15H2,1-2H3,(H,31,37)(H,32,34,35). The van der Waals surface area contributed by atoms with Crippen LogP contribution in [0, 0.1) is 12.7 Å². The van der Waals surface area contributed by atoms with Crippen molar-refractivity contribution in [3.8, 4) is 17.2 Å². The molecule has 2 aliphatic rings. The van der Waals surface area contributed by atoms with Gasteiger partial charge in [0, 0.05) is 30.3 Å². The monoisotopic (exact) mass is 547 g/mol. The highest BCUT2D eigenvalue weighted by Gasteiger charge is 2.41. The summed E-state index contributed by atoms with van der Waals surface area (Å²) in [4.78, 5) is 51.1. The van der Waals surface area contributed by atoms with Crippen LogP contribution < -0.4 is 20.1 Å². The summed E-state index contributed by atoms with van der Waals surface area (Å²) in [6.07, 6.45) is -0.314. The van der Waals surface area contributed by atoms with Gasteiger partial charge in [-0.15, -0.1) is 0 Å². The molecule has 0 aromatic heterocycles. The number of fused-ring (bicyclic) bond motifs is 1. The first-order valence-electron chi connectivity index (χ1n) is 12.5. The summed E-state index contributed by atoms with van der Waals surface area (Å²) in [6, 6.07) is 13.4. The van der Waals surface area contributed by atoms with E-state index in [1.54, 1.807) is 49.4 Å². The highest BCUT2D eigenvalue weighted by Crippen LogP contribution is 2.36. The number of hydrogen-bond donors (Lipinski definition) is 2. The Morgan fingerprint density at radius 1 is 1.10 bits per heavy atom. The van der Waals surface area contributed by atoms with Crippen LogP contribution in [-0.2, 0) is 27.5 Å². The van der Waals surface area contributed by atoms with Gasteiger partial charge in [0.1, 0.15) is 35.7 Å². The number of benzene rings is 3. The van der Waals surface area contributed by atoms with Crippen LogP contribution in [0.5, 0.6) is 17.2 Å². The molecule has 2 aliphatic heterocycles. The van der Waals surface area contributed by atoms with Gasteiger partial charge < -0.3 is 19.1 Å². The number of aryl methyl sites for hydroxylation is 1. The number of methoxy groups -OCH3 is 1. The highest BCUT2D eigenvalue weighted by molar-refractivity contribution is 6.06. The van der Waals surface area contributed by atoms with Gasteiger partial charge in [0.2, 0.25) is 11.8 Å². The molecular weight excluding hydrogens is 521 g/mol. The largest absolute Gasteiger partial charge is 0.495 e. The van der Waals surface area contributed by atoms with Crippen molar-refractivity contribution in [1.29, 1.82) is 0 Å². The summed E-state index contributed by atoms with van der Waals surface area (Å²) < 4.78 is 30.0. The Bertz CT molecular complexity index is 1520. The molecule has 206 valence electrons. The maximum absolute atomic E-state index is 13.4. The van der Waals surface area contributed by atoms with Gasteiger partial charge in [-0.05, 0) is 54.8 Å². The smallest absolute Gasteiger partial charge is 0.411 e. The number of amides is 4. The SMILES string of the molecule is COc1c(COC(=O)Nc2ccc(Oc3cccc(F)c3)cc2C)ccc2c1C(=O)N(C1CCC(=O)NC1=O)C2. The van der Waals surface area contributed by atoms with Gasteiger partial charge in [-0.25, -0.2) is 9.18 Å². The average molecular weight is 548 g/mol. The molecule has 10 nitrogen and oxygen atoms in total. The number of nitrogens with one attached hydrogen (secondary N) is 2. The number of imide groups is 1. The zero-order valence-electron chi connectivity index (χ0n) is 21.8. The predicted molar refractivity (Wildman–Crippen MR) is 140 cm³/mol. The summed E-state index contributed by atoms with van der Waals surface area (Å²) in [5.74, 6) is -0.567. The van der Waals surface area contributed by atoms with E-state index in [2.05, 4.69) is 10.6 Å². The number of carbonyl (C=O) groups is 4. The average Bonchev–Trinajstić information content (AvgIpc) is 3.25. The van der Waals surface area contributed by atoms with Gasteiger partial charge in [0.05, 0.1) is 12.7 Å². The van der Waals surface area contributed by atoms with E-state index in [-0.39, 0.29) is 43.6 Å². The Hall–Kier alpha value is -4.93. The molecule has 0 spiro atoms. The van der Waals surface area contributed by atoms with Crippen molar-refractivity contribution in [3.05, 3.63) is 82.7 Å². The fraction of sp³-hybridized carbons (Fsp3) is 0.241. The Kier molecular flexibility index (Phi) is 7.37. The van der Waals surface area contributed by atoms with Crippen LogP contribution in [0.4, 0.5) is 14.9 Å². The Morgan fingerprint density at radius 2 is 1.90 bits per heavy atom. The molecule has 0 radical (unpaired) electrons. The van der Waals surface area contributed by atoms with Gasteiger partial charge in [-0.2, -0.15) is 0 Å². The fourth-order valence-electron chi connectivity index (χ4n) is 4.81. The molecule has 1 atom stereocenters. The van der Waals surface area contributed by atoms with Crippen molar-refractivity contribution in [2.75, 3.05) is 12.4 Å². The van der Waals surface area contributed by atoms with E-state index in [1.165, 1.54) is 24.1 Å². The van der Waals surface area contributed by atoms with Crippen LogP contribution in [0.1, 0.15) is 39.9 Å². The molecule has 0 saturated carbocycles. The molecule has 1 unspecified atom stereocenters. The van der Waals surface area contributed by atoms with Gasteiger partial charge in [-0.1, -0.05) is 18.2 Å². The molecule has 1 fully saturated rings. The van der Waals surface area contributed by atoms with Crippen LogP contribution in [0.2, 0.25) is 0 Å². The maximum Gasteiger partial charge on any atom is 0.411 e. The molecule has 2 heterocycles. The van der Waals surface area contributed by atoms with E-state index in [9.17, 15) is 23.6 Å². The van der Waals surface area contributed by atoms with E-state index in [0.717, 1.165) is 0 Å². The molecule has 3 aromatic carbocycles. The number of rotatable bonds is 7. The first-order valence-corrected chi connectivity index (χ1v) is 12.5. The lowest BCUT2D eigenvalue weighted by molar-refractivity contribution is -0.136. The third kappa shape index (κ3) is 5.44. The van der Waals surface area contributed by atoms with Crippen molar-refractivity contribution < 1.29 is 37.8 Å². The summed E-state index contributed by atoms with van der Waals surface area (Å²) in [7, 11) is 1.41. The molecule has 1 saturated heterocycles. The topological polar surface area (TPSA) is 123 Å². The second-order valence-electron chi connectivity index (χ2n) is 9.43. The lowest BCUT2D eigenvalue weighted by atomic mass is 10.0. The minimum atomic E-state index is -0.748. The predicted octanol–water partition coefficient (Wildman–Crippen LogP) is 4.44. The van der Waals surface area contributed by atoms with Gasteiger partial charge in [0.15, 0.2) is 0 Å². The van der Waals surface area contributed by atoms with Crippen molar-refractivity contribution >= 4 is 29.5 Å². The lowest BCUT2D eigenvalue weighted by Gasteiger charge is -2.29. The zero-order chi connectivity index (χ0) is 28.4. The molecule has 3 aromatic rings. The Labute approximate surface area is 229 Å². The first kappa shape index (κ1) is 26.7. The normalized spacial score (nSPS) is 16.3. The Morgan fingerprint density at radius 3 is 2.62 bits per heavy atom. The van der Waals surface area contributed by atoms with E-state index < -0.39 is 23.9 Å². The van der Waals surface area contributed by atoms with Crippen LogP contribution in [-0.4, -0.2) is 41.9 Å². The molecule has 5 rings (SSSR count). The van der Waals surface area contributed by atoms with Crippen LogP contribution in [0.15, 0.2) is 54.6 Å². The number of piperidine rings is 1. The molecule has 11 heteroatoms. The zero-order valence-corrected chi connectivity index (χ0v) is 21.8. The number of carbonyl (C=O) groups excluding carboxylic acids is 4. The fourth-order valence-corrected chi connectivity index (χ4v) is 4.81. The number of nitrogens with zero attached hydrogens (tertiary/aromatic N) is 1. The molecule has 40 heavy (non-hydrogen) atoms. The van der Waals surface area contributed by atoms with Gasteiger partial charge >= 0.3 is 6.09 Å². The van der Waals surface area contributed by atoms with E-state index in [4.69, 9.17) is 14.2 Å². The Balaban J connectivity index is 1.23. The third-order valence-electron chi connectivity index (χ3n) is 6.76. The van der Waals surface area contributed by atoms with Crippen molar-refractivity contribution in [3.63, 3.8) is 0 Å². The lowest BCUT2D eigenvalue weighted by Crippen LogP contribution is -2.52. The van der Waals surface area contributed by atoms with Crippen LogP contribution in [0.3, 0.4) is 0 Å². The second-order valence-corrected chi connectivity index (χ2v) is 9.43. The van der Waals surface area contributed by atoms with Crippen LogP contribution >= 0.6 is 0 Å². The van der Waals surface area contributed by atoms with E-state index in [0.29, 0.717) is 39.4 Å². The summed E-state index contributed by atoms with van der Waals surface area (Å²) in [6.45, 7) is 1.81. The molecule has 0 bridgehead atoms. The van der Waals surface area contributed by atoms with Crippen molar-refractivity contribution in [2.45, 2.75) is 39.0 Å². The van der Waals surface area contributed by atoms with E-state index >= 15 is 0 Å². The quantitative estimate of drug-likeness (QED) is 0.419.